The lowest BCUT2D eigenvalue weighted by atomic mass is 10.0. The maximum Gasteiger partial charge on any atom is 0.209 e. The third-order valence-corrected chi connectivity index (χ3v) is 2.86. The van der Waals surface area contributed by atoms with Gasteiger partial charge >= 0.3 is 0 Å². The van der Waals surface area contributed by atoms with Gasteiger partial charge in [0.15, 0.2) is 0 Å². The minimum atomic E-state index is -1.75. The number of rotatable bonds is 6. The Hall–Kier alpha value is -0.860. The molecule has 0 aliphatic heterocycles. The summed E-state index contributed by atoms with van der Waals surface area (Å²) in [6, 6.07) is 8.66. The van der Waals surface area contributed by atoms with Gasteiger partial charge in [-0.05, 0) is 12.8 Å². The van der Waals surface area contributed by atoms with E-state index in [4.69, 9.17) is 11.6 Å². The average molecular weight is 241 g/mol. The predicted octanol–water partition coefficient (Wildman–Crippen LogP) is 3.38. The third-order valence-electron chi connectivity index (χ3n) is 2.50. The minimum absolute atomic E-state index is 0.302. The van der Waals surface area contributed by atoms with Crippen LogP contribution in [0.15, 0.2) is 30.3 Å². The first-order valence-electron chi connectivity index (χ1n) is 5.59. The Morgan fingerprint density at radius 1 is 1.31 bits per heavy atom. The zero-order chi connectivity index (χ0) is 12.0. The van der Waals surface area contributed by atoms with Crippen LogP contribution >= 0.6 is 11.6 Å². The molecule has 0 spiro atoms. The standard InChI is InChI=1S/C13H17ClO2/c1-2-3-7-10-13(14,16)12(15)11-8-5-4-6-9-11/h4-6,8-9,16H,2-3,7,10H2,1H3. The van der Waals surface area contributed by atoms with Crippen LogP contribution in [0.2, 0.25) is 0 Å². The Balaban J connectivity index is 2.65. The molecule has 1 rings (SSSR count). The van der Waals surface area contributed by atoms with Gasteiger partial charge in [0, 0.05) is 5.56 Å². The van der Waals surface area contributed by atoms with Gasteiger partial charge in [0.25, 0.3) is 0 Å². The molecule has 0 aliphatic rings. The quantitative estimate of drug-likeness (QED) is 0.470. The molecule has 2 nitrogen and oxygen atoms in total. The fraction of sp³-hybridized carbons (Fsp3) is 0.462. The number of ketones is 1. The molecule has 0 saturated heterocycles. The van der Waals surface area contributed by atoms with E-state index < -0.39 is 10.8 Å². The summed E-state index contributed by atoms with van der Waals surface area (Å²) in [5.41, 5.74) is 0.455. The van der Waals surface area contributed by atoms with Gasteiger partial charge in [-0.25, -0.2) is 0 Å². The first-order chi connectivity index (χ1) is 7.58. The van der Waals surface area contributed by atoms with E-state index in [2.05, 4.69) is 6.92 Å². The SMILES string of the molecule is CCCCCC(O)(Cl)C(=O)c1ccccc1. The van der Waals surface area contributed by atoms with Crippen molar-refractivity contribution in [2.75, 3.05) is 0 Å². The summed E-state index contributed by atoms with van der Waals surface area (Å²) in [7, 11) is 0. The topological polar surface area (TPSA) is 37.3 Å². The number of unbranched alkanes of at least 4 members (excludes halogenated alkanes) is 2. The van der Waals surface area contributed by atoms with Crippen LogP contribution in [0.1, 0.15) is 43.0 Å². The van der Waals surface area contributed by atoms with Crippen LogP contribution in [0.5, 0.6) is 0 Å². The lowest BCUT2D eigenvalue weighted by Crippen LogP contribution is -2.32. The summed E-state index contributed by atoms with van der Waals surface area (Å²) in [6.45, 7) is 2.06. The van der Waals surface area contributed by atoms with Crippen LogP contribution < -0.4 is 0 Å². The molecule has 3 heteroatoms. The molecule has 1 N–H and O–H groups in total. The summed E-state index contributed by atoms with van der Waals surface area (Å²) < 4.78 is 0. The van der Waals surface area contributed by atoms with Crippen molar-refractivity contribution in [1.29, 1.82) is 0 Å². The molecule has 1 aromatic carbocycles. The number of benzene rings is 1. The van der Waals surface area contributed by atoms with Crippen molar-refractivity contribution < 1.29 is 9.90 Å². The van der Waals surface area contributed by atoms with E-state index in [9.17, 15) is 9.90 Å². The number of hydrogen-bond acceptors (Lipinski definition) is 2. The predicted molar refractivity (Wildman–Crippen MR) is 65.7 cm³/mol. The van der Waals surface area contributed by atoms with Gasteiger partial charge in [-0.15, -0.1) is 0 Å². The van der Waals surface area contributed by atoms with Gasteiger partial charge in [0.05, 0.1) is 0 Å². The summed E-state index contributed by atoms with van der Waals surface area (Å²) in [4.78, 5) is 11.9. The van der Waals surface area contributed by atoms with Crippen molar-refractivity contribution in [1.82, 2.24) is 0 Å². The molecule has 1 unspecified atom stereocenters. The lowest BCUT2D eigenvalue weighted by Gasteiger charge is -2.18. The first-order valence-corrected chi connectivity index (χ1v) is 5.97. The molecule has 0 bridgehead atoms. The molecule has 0 radical (unpaired) electrons. The number of hydrogen-bond donors (Lipinski definition) is 1. The van der Waals surface area contributed by atoms with E-state index in [1.165, 1.54) is 0 Å². The Labute approximate surface area is 101 Å². The molecule has 0 fully saturated rings. The van der Waals surface area contributed by atoms with Gasteiger partial charge in [0.2, 0.25) is 10.8 Å². The number of halogens is 1. The monoisotopic (exact) mass is 240 g/mol. The second kappa shape index (κ2) is 6.02. The van der Waals surface area contributed by atoms with Crippen LogP contribution in [-0.2, 0) is 0 Å². The first kappa shape index (κ1) is 13.2. The van der Waals surface area contributed by atoms with Crippen molar-refractivity contribution >= 4 is 17.4 Å². The average Bonchev–Trinajstić information content (AvgIpc) is 2.29. The Bertz CT molecular complexity index is 333. The zero-order valence-corrected chi connectivity index (χ0v) is 10.2. The number of carbonyl (C=O) groups excluding carboxylic acids is 1. The largest absolute Gasteiger partial charge is 0.368 e. The van der Waals surface area contributed by atoms with Gasteiger partial charge in [0.1, 0.15) is 0 Å². The lowest BCUT2D eigenvalue weighted by molar-refractivity contribution is 0.0610. The van der Waals surface area contributed by atoms with Crippen molar-refractivity contribution in [3.63, 3.8) is 0 Å². The molecule has 0 aromatic heterocycles. The highest BCUT2D eigenvalue weighted by molar-refractivity contribution is 6.36. The summed E-state index contributed by atoms with van der Waals surface area (Å²) in [5, 5.41) is 8.13. The second-order valence-electron chi connectivity index (χ2n) is 3.91. The normalized spacial score (nSPS) is 14.4. The van der Waals surface area contributed by atoms with Gasteiger partial charge in [-0.1, -0.05) is 61.7 Å². The molecule has 16 heavy (non-hydrogen) atoms. The van der Waals surface area contributed by atoms with Gasteiger partial charge in [-0.3, -0.25) is 4.79 Å². The van der Waals surface area contributed by atoms with E-state index in [-0.39, 0.29) is 0 Å². The van der Waals surface area contributed by atoms with Crippen molar-refractivity contribution in [3.05, 3.63) is 35.9 Å². The Morgan fingerprint density at radius 3 is 2.50 bits per heavy atom. The maximum absolute atomic E-state index is 11.9. The summed E-state index contributed by atoms with van der Waals surface area (Å²) in [5.74, 6) is -0.411. The molecular weight excluding hydrogens is 224 g/mol. The Kier molecular flexibility index (Phi) is 4.97. The van der Waals surface area contributed by atoms with Crippen LogP contribution in [0.4, 0.5) is 0 Å². The summed E-state index contributed by atoms with van der Waals surface area (Å²) >= 11 is 5.86. The zero-order valence-electron chi connectivity index (χ0n) is 9.45. The van der Waals surface area contributed by atoms with Crippen molar-refractivity contribution in [2.24, 2.45) is 0 Å². The highest BCUT2D eigenvalue weighted by Crippen LogP contribution is 2.24. The smallest absolute Gasteiger partial charge is 0.209 e. The van der Waals surface area contributed by atoms with E-state index in [1.807, 2.05) is 6.07 Å². The summed E-state index contributed by atoms with van der Waals surface area (Å²) in [6.07, 6.45) is 3.06. The van der Waals surface area contributed by atoms with Crippen molar-refractivity contribution in [2.45, 2.75) is 37.7 Å². The van der Waals surface area contributed by atoms with E-state index in [0.29, 0.717) is 12.0 Å². The van der Waals surface area contributed by atoms with E-state index in [1.54, 1.807) is 24.3 Å². The number of carbonyl (C=O) groups is 1. The van der Waals surface area contributed by atoms with Gasteiger partial charge in [-0.2, -0.15) is 0 Å². The number of aliphatic hydroxyl groups is 1. The molecule has 0 heterocycles. The van der Waals surface area contributed by atoms with Crippen LogP contribution in [0.25, 0.3) is 0 Å². The van der Waals surface area contributed by atoms with Gasteiger partial charge < -0.3 is 5.11 Å². The highest BCUT2D eigenvalue weighted by atomic mass is 35.5. The minimum Gasteiger partial charge on any atom is -0.368 e. The maximum atomic E-state index is 11.9. The van der Waals surface area contributed by atoms with Crippen LogP contribution in [-0.4, -0.2) is 16.0 Å². The number of alkyl halides is 1. The molecule has 88 valence electrons. The fourth-order valence-corrected chi connectivity index (χ4v) is 1.78. The third kappa shape index (κ3) is 3.62. The molecule has 1 aromatic rings. The highest BCUT2D eigenvalue weighted by Gasteiger charge is 2.33. The second-order valence-corrected chi connectivity index (χ2v) is 4.54. The fourth-order valence-electron chi connectivity index (χ4n) is 1.53. The Morgan fingerprint density at radius 2 is 1.94 bits per heavy atom. The van der Waals surface area contributed by atoms with Crippen molar-refractivity contribution in [3.8, 4) is 0 Å². The molecule has 1 atom stereocenters. The van der Waals surface area contributed by atoms with Crippen LogP contribution in [0, 0.1) is 0 Å². The van der Waals surface area contributed by atoms with E-state index >= 15 is 0 Å². The van der Waals surface area contributed by atoms with Crippen LogP contribution in [0.3, 0.4) is 0 Å². The molecule has 0 saturated carbocycles. The molecular formula is C13H17ClO2. The molecule has 0 amide bonds. The molecule has 0 aliphatic carbocycles. The van der Waals surface area contributed by atoms with E-state index in [0.717, 1.165) is 19.3 Å². The number of Topliss-reactive ketones (excluding diaryl/α,β-unsaturated/α-hetero) is 1.